The van der Waals surface area contributed by atoms with Crippen LogP contribution in [0.15, 0.2) is 65.2 Å². The third-order valence-electron chi connectivity index (χ3n) is 4.16. The van der Waals surface area contributed by atoms with Gasteiger partial charge in [0.25, 0.3) is 0 Å². The summed E-state index contributed by atoms with van der Waals surface area (Å²) in [4.78, 5) is 17.0. The highest BCUT2D eigenvalue weighted by atomic mass is 32.2. The fourth-order valence-corrected chi connectivity index (χ4v) is 3.24. The summed E-state index contributed by atoms with van der Waals surface area (Å²) in [6.45, 7) is -0.0143. The Kier molecular flexibility index (Phi) is 5.86. The molecule has 0 radical (unpaired) electrons. The molecule has 9 heteroatoms. The molecule has 1 aromatic heterocycles. The molecule has 0 aliphatic heterocycles. The van der Waals surface area contributed by atoms with E-state index in [1.54, 1.807) is 30.3 Å². The van der Waals surface area contributed by atoms with Gasteiger partial charge in [0.15, 0.2) is 0 Å². The van der Waals surface area contributed by atoms with Gasteiger partial charge in [0.2, 0.25) is 27.6 Å². The molecular formula is C19H20N4O4S. The highest BCUT2D eigenvalue weighted by Gasteiger charge is 2.30. The highest BCUT2D eigenvalue weighted by Crippen LogP contribution is 2.22. The van der Waals surface area contributed by atoms with E-state index in [0.717, 1.165) is 16.1 Å². The lowest BCUT2D eigenvalue weighted by Gasteiger charge is -2.25. The van der Waals surface area contributed by atoms with Crippen molar-refractivity contribution in [1.29, 1.82) is 0 Å². The second-order valence-corrected chi connectivity index (χ2v) is 8.23. The Morgan fingerprint density at radius 2 is 1.71 bits per heavy atom. The second kappa shape index (κ2) is 8.32. The number of amides is 1. The highest BCUT2D eigenvalue weighted by molar-refractivity contribution is 7.88. The molecule has 0 bridgehead atoms. The molecule has 0 aliphatic carbocycles. The molecule has 1 amide bonds. The van der Waals surface area contributed by atoms with Crippen LogP contribution in [0.1, 0.15) is 17.5 Å². The standard InChI is InChI=1S/C19H20N4O4S/c1-23(28(2,25)26)17(14-9-5-3-6-10-14)19(24)20-13-16-21-18(22-27-16)15-11-7-4-8-12-15/h3-12,17H,13H2,1-2H3,(H,20,24). The number of benzene rings is 2. The summed E-state index contributed by atoms with van der Waals surface area (Å²) in [5, 5.41) is 6.57. The maximum absolute atomic E-state index is 12.8. The first-order chi connectivity index (χ1) is 13.4. The van der Waals surface area contributed by atoms with Crippen LogP contribution in [0.25, 0.3) is 11.4 Å². The number of nitrogens with one attached hydrogen (secondary N) is 1. The van der Waals surface area contributed by atoms with E-state index in [4.69, 9.17) is 4.52 Å². The predicted octanol–water partition coefficient (Wildman–Crippen LogP) is 1.99. The third-order valence-corrected chi connectivity index (χ3v) is 5.42. The lowest BCUT2D eigenvalue weighted by Crippen LogP contribution is -2.41. The Hall–Kier alpha value is -3.04. The van der Waals surface area contributed by atoms with Crippen LogP contribution in [-0.4, -0.2) is 42.1 Å². The van der Waals surface area contributed by atoms with Crippen molar-refractivity contribution in [2.24, 2.45) is 0 Å². The SMILES string of the molecule is CN(C(C(=O)NCc1nc(-c2ccccc2)no1)c1ccccc1)S(C)(=O)=O. The molecule has 0 saturated carbocycles. The molecule has 1 unspecified atom stereocenters. The minimum atomic E-state index is -3.59. The summed E-state index contributed by atoms with van der Waals surface area (Å²) in [5.74, 6) is 0.150. The van der Waals surface area contributed by atoms with Gasteiger partial charge in [-0.1, -0.05) is 65.8 Å². The Balaban J connectivity index is 1.75. The topological polar surface area (TPSA) is 105 Å². The van der Waals surface area contributed by atoms with Crippen molar-refractivity contribution < 1.29 is 17.7 Å². The van der Waals surface area contributed by atoms with Crippen molar-refractivity contribution >= 4 is 15.9 Å². The number of rotatable bonds is 7. The van der Waals surface area contributed by atoms with Gasteiger partial charge in [0.05, 0.1) is 12.8 Å². The van der Waals surface area contributed by atoms with Gasteiger partial charge < -0.3 is 9.84 Å². The van der Waals surface area contributed by atoms with E-state index < -0.39 is 22.0 Å². The number of likely N-dealkylation sites (N-methyl/N-ethyl adjacent to an activating group) is 1. The summed E-state index contributed by atoms with van der Waals surface area (Å²) in [6, 6.07) is 17.0. The van der Waals surface area contributed by atoms with Gasteiger partial charge >= 0.3 is 0 Å². The van der Waals surface area contributed by atoms with Crippen molar-refractivity contribution in [3.8, 4) is 11.4 Å². The van der Waals surface area contributed by atoms with Gasteiger partial charge in [-0.25, -0.2) is 8.42 Å². The van der Waals surface area contributed by atoms with E-state index in [2.05, 4.69) is 15.5 Å². The van der Waals surface area contributed by atoms with Gasteiger partial charge in [-0.05, 0) is 5.56 Å². The van der Waals surface area contributed by atoms with Crippen LogP contribution in [0.2, 0.25) is 0 Å². The first-order valence-electron chi connectivity index (χ1n) is 8.50. The molecule has 146 valence electrons. The molecule has 1 atom stereocenters. The first kappa shape index (κ1) is 19.7. The van der Waals surface area contributed by atoms with Crippen molar-refractivity contribution in [3.63, 3.8) is 0 Å². The summed E-state index contributed by atoms with van der Waals surface area (Å²) >= 11 is 0. The summed E-state index contributed by atoms with van der Waals surface area (Å²) < 4.78 is 30.2. The lowest BCUT2D eigenvalue weighted by molar-refractivity contribution is -0.125. The van der Waals surface area contributed by atoms with Crippen LogP contribution < -0.4 is 5.32 Å². The number of carbonyl (C=O) groups excluding carboxylic acids is 1. The van der Waals surface area contributed by atoms with Crippen LogP contribution in [0.3, 0.4) is 0 Å². The zero-order valence-corrected chi connectivity index (χ0v) is 16.3. The summed E-state index contributed by atoms with van der Waals surface area (Å²) in [6.07, 6.45) is 1.06. The van der Waals surface area contributed by atoms with Crippen LogP contribution in [0, 0.1) is 0 Å². The molecule has 1 heterocycles. The molecule has 0 aliphatic rings. The van der Waals surface area contributed by atoms with Crippen molar-refractivity contribution in [1.82, 2.24) is 19.8 Å². The van der Waals surface area contributed by atoms with E-state index in [1.807, 2.05) is 30.3 Å². The van der Waals surface area contributed by atoms with E-state index in [-0.39, 0.29) is 12.4 Å². The van der Waals surface area contributed by atoms with Gasteiger partial charge in [-0.3, -0.25) is 4.79 Å². The zero-order chi connectivity index (χ0) is 20.1. The quantitative estimate of drug-likeness (QED) is 0.650. The first-order valence-corrected chi connectivity index (χ1v) is 10.3. The molecule has 1 N–H and O–H groups in total. The average molecular weight is 400 g/mol. The van der Waals surface area contributed by atoms with Crippen molar-refractivity contribution in [2.75, 3.05) is 13.3 Å². The number of sulfonamides is 1. The van der Waals surface area contributed by atoms with E-state index in [1.165, 1.54) is 7.05 Å². The van der Waals surface area contributed by atoms with E-state index in [0.29, 0.717) is 11.4 Å². The molecule has 3 aromatic rings. The number of nitrogens with zero attached hydrogens (tertiary/aromatic N) is 3. The fraction of sp³-hybridized carbons (Fsp3) is 0.211. The number of aromatic nitrogens is 2. The Morgan fingerprint density at radius 3 is 2.32 bits per heavy atom. The van der Waals surface area contributed by atoms with E-state index >= 15 is 0 Å². The number of carbonyl (C=O) groups is 1. The second-order valence-electron chi connectivity index (χ2n) is 6.19. The zero-order valence-electron chi connectivity index (χ0n) is 15.4. The van der Waals surface area contributed by atoms with Crippen LogP contribution >= 0.6 is 0 Å². The predicted molar refractivity (Wildman–Crippen MR) is 103 cm³/mol. The summed E-state index contributed by atoms with van der Waals surface area (Å²) in [5.41, 5.74) is 1.35. The molecule has 28 heavy (non-hydrogen) atoms. The van der Waals surface area contributed by atoms with Gasteiger partial charge in [-0.2, -0.15) is 9.29 Å². The Bertz CT molecular complexity index is 1040. The maximum atomic E-state index is 12.8. The molecular weight excluding hydrogens is 380 g/mol. The smallest absolute Gasteiger partial charge is 0.246 e. The lowest BCUT2D eigenvalue weighted by atomic mass is 10.1. The number of hydrogen-bond donors (Lipinski definition) is 1. The minimum Gasteiger partial charge on any atom is -0.345 e. The average Bonchev–Trinajstić information content (AvgIpc) is 3.16. The van der Waals surface area contributed by atoms with Crippen molar-refractivity contribution in [3.05, 3.63) is 72.1 Å². The van der Waals surface area contributed by atoms with Gasteiger partial charge in [0, 0.05) is 12.6 Å². The molecule has 3 rings (SSSR count). The van der Waals surface area contributed by atoms with Crippen LogP contribution in [0.4, 0.5) is 0 Å². The normalized spacial score (nSPS) is 12.7. The molecule has 8 nitrogen and oxygen atoms in total. The summed E-state index contributed by atoms with van der Waals surface area (Å²) in [7, 11) is -2.22. The monoisotopic (exact) mass is 400 g/mol. The van der Waals surface area contributed by atoms with E-state index in [9.17, 15) is 13.2 Å². The Morgan fingerprint density at radius 1 is 1.11 bits per heavy atom. The third kappa shape index (κ3) is 4.62. The van der Waals surface area contributed by atoms with Gasteiger partial charge in [0.1, 0.15) is 6.04 Å². The molecule has 0 fully saturated rings. The maximum Gasteiger partial charge on any atom is 0.246 e. The largest absolute Gasteiger partial charge is 0.345 e. The van der Waals surface area contributed by atoms with Gasteiger partial charge in [-0.15, -0.1) is 0 Å². The molecule has 0 saturated heterocycles. The Labute approximate surface area is 163 Å². The molecule has 0 spiro atoms. The van der Waals surface area contributed by atoms with Crippen LogP contribution in [-0.2, 0) is 21.4 Å². The minimum absolute atomic E-state index is 0.0143. The van der Waals surface area contributed by atoms with Crippen molar-refractivity contribution in [2.45, 2.75) is 12.6 Å². The fourth-order valence-electron chi connectivity index (χ4n) is 2.64. The van der Waals surface area contributed by atoms with Crippen LogP contribution in [0.5, 0.6) is 0 Å². The number of hydrogen-bond acceptors (Lipinski definition) is 6. The molecule has 2 aromatic carbocycles.